The summed E-state index contributed by atoms with van der Waals surface area (Å²) in [5.74, 6) is 0.00736. The molecule has 1 aromatic heterocycles. The fourth-order valence-electron chi connectivity index (χ4n) is 0.784. The van der Waals surface area contributed by atoms with Gasteiger partial charge in [0.25, 0.3) is 0 Å². The zero-order valence-electron chi connectivity index (χ0n) is 7.48. The predicted molar refractivity (Wildman–Crippen MR) is 59.7 cm³/mol. The lowest BCUT2D eigenvalue weighted by Crippen LogP contribution is -2.21. The van der Waals surface area contributed by atoms with Gasteiger partial charge in [-0.2, -0.15) is 0 Å². The third kappa shape index (κ3) is 3.84. The highest BCUT2D eigenvalue weighted by Gasteiger charge is 2.09. The number of thiazole rings is 1. The summed E-state index contributed by atoms with van der Waals surface area (Å²) in [5, 5.41) is 2.12. The number of carbonyl (C=O) groups excluding carboxylic acids is 1. The third-order valence-corrected chi connectivity index (χ3v) is 1.94. The van der Waals surface area contributed by atoms with Gasteiger partial charge in [-0.1, -0.05) is 0 Å². The molecule has 6 heteroatoms. The Bertz CT molecular complexity index is 287. The molecule has 4 nitrogen and oxygen atoms in total. The van der Waals surface area contributed by atoms with Crippen molar-refractivity contribution >= 4 is 39.2 Å². The van der Waals surface area contributed by atoms with Crippen LogP contribution in [0.3, 0.4) is 0 Å². The highest BCUT2D eigenvalue weighted by Crippen LogP contribution is 2.11. The molecule has 0 saturated heterocycles. The first kappa shape index (κ1) is 12.5. The van der Waals surface area contributed by atoms with Gasteiger partial charge in [-0.05, 0) is 14.1 Å². The van der Waals surface area contributed by atoms with E-state index in [1.165, 1.54) is 11.3 Å². The average Bonchev–Trinajstić information content (AvgIpc) is 2.34. The number of carbonyl (C=O) groups is 1. The molecule has 74 valence electrons. The second kappa shape index (κ2) is 5.31. The number of Topliss-reactive ketones (excluding diaryl/α,β-unsaturated/α-hetero) is 1. The quantitative estimate of drug-likeness (QED) is 0.831. The van der Waals surface area contributed by atoms with E-state index in [1.54, 1.807) is 10.3 Å². The number of likely N-dealkylation sites (N-methyl/N-ethyl adjacent to an activating group) is 1. The van der Waals surface area contributed by atoms with E-state index < -0.39 is 0 Å². The summed E-state index contributed by atoms with van der Waals surface area (Å²) >= 11 is 1.29. The maximum Gasteiger partial charge on any atom is 0.196 e. The highest BCUT2D eigenvalue weighted by molar-refractivity contribution is 8.93. The van der Waals surface area contributed by atoms with E-state index in [4.69, 9.17) is 5.73 Å². The summed E-state index contributed by atoms with van der Waals surface area (Å²) in [4.78, 5) is 17.0. The zero-order chi connectivity index (χ0) is 9.14. The van der Waals surface area contributed by atoms with Gasteiger partial charge in [0, 0.05) is 5.38 Å². The molecular formula is C7H12BrN3OS. The lowest BCUT2D eigenvalue weighted by atomic mass is 10.3. The van der Waals surface area contributed by atoms with Crippen molar-refractivity contribution in [3.05, 3.63) is 11.1 Å². The first-order chi connectivity index (χ1) is 5.59. The lowest BCUT2D eigenvalue weighted by molar-refractivity contribution is 0.0953. The molecule has 0 aliphatic heterocycles. The Labute approximate surface area is 91.5 Å². The van der Waals surface area contributed by atoms with Crippen molar-refractivity contribution in [2.24, 2.45) is 0 Å². The van der Waals surface area contributed by atoms with Crippen molar-refractivity contribution in [3.8, 4) is 0 Å². The molecule has 0 bridgehead atoms. The maximum atomic E-state index is 11.3. The molecule has 2 N–H and O–H groups in total. The Balaban J connectivity index is 0.00000144. The van der Waals surface area contributed by atoms with Crippen LogP contribution in [-0.2, 0) is 0 Å². The summed E-state index contributed by atoms with van der Waals surface area (Å²) in [6.45, 7) is 0.378. The SMILES string of the molecule is Br.CN(C)CC(=O)c1csc(N)n1. The van der Waals surface area contributed by atoms with Gasteiger partial charge >= 0.3 is 0 Å². The smallest absolute Gasteiger partial charge is 0.196 e. The van der Waals surface area contributed by atoms with E-state index >= 15 is 0 Å². The van der Waals surface area contributed by atoms with Crippen LogP contribution in [0.25, 0.3) is 0 Å². The Morgan fingerprint density at radius 1 is 1.69 bits per heavy atom. The van der Waals surface area contributed by atoms with Crippen LogP contribution in [0, 0.1) is 0 Å². The van der Waals surface area contributed by atoms with Gasteiger partial charge in [-0.15, -0.1) is 28.3 Å². The molecule has 0 aliphatic carbocycles. The second-order valence-electron chi connectivity index (χ2n) is 2.73. The maximum absolute atomic E-state index is 11.3. The van der Waals surface area contributed by atoms with Crippen LogP contribution >= 0.6 is 28.3 Å². The molecule has 0 spiro atoms. The number of halogens is 1. The molecular weight excluding hydrogens is 254 g/mol. The minimum Gasteiger partial charge on any atom is -0.375 e. The van der Waals surface area contributed by atoms with Crippen LogP contribution in [0.15, 0.2) is 5.38 Å². The summed E-state index contributed by atoms with van der Waals surface area (Å²) in [6, 6.07) is 0. The summed E-state index contributed by atoms with van der Waals surface area (Å²) in [7, 11) is 3.68. The second-order valence-corrected chi connectivity index (χ2v) is 3.62. The minimum atomic E-state index is 0. The predicted octanol–water partition coefficient (Wildman–Crippen LogP) is 1.05. The Morgan fingerprint density at radius 2 is 2.31 bits per heavy atom. The molecule has 1 aromatic rings. The molecule has 0 radical (unpaired) electrons. The lowest BCUT2D eigenvalue weighted by Gasteiger charge is -2.05. The molecule has 1 heterocycles. The number of ketones is 1. The van der Waals surface area contributed by atoms with Crippen LogP contribution < -0.4 is 5.73 Å². The van der Waals surface area contributed by atoms with Crippen molar-refractivity contribution in [3.63, 3.8) is 0 Å². The van der Waals surface area contributed by atoms with E-state index in [9.17, 15) is 4.79 Å². The molecule has 0 aliphatic rings. The van der Waals surface area contributed by atoms with Crippen LogP contribution in [0.5, 0.6) is 0 Å². The summed E-state index contributed by atoms with van der Waals surface area (Å²) in [5.41, 5.74) is 5.85. The number of nitrogens with zero attached hydrogens (tertiary/aromatic N) is 2. The number of anilines is 1. The topological polar surface area (TPSA) is 59.2 Å². The molecule has 1 rings (SSSR count). The van der Waals surface area contributed by atoms with Crippen molar-refractivity contribution in [1.82, 2.24) is 9.88 Å². The number of nitrogen functional groups attached to an aromatic ring is 1. The molecule has 0 aromatic carbocycles. The number of aromatic nitrogens is 1. The van der Waals surface area contributed by atoms with Crippen LogP contribution in [0.1, 0.15) is 10.5 Å². The third-order valence-electron chi connectivity index (χ3n) is 1.27. The fourth-order valence-corrected chi connectivity index (χ4v) is 1.35. The van der Waals surface area contributed by atoms with Crippen molar-refractivity contribution in [2.75, 3.05) is 26.4 Å². The van der Waals surface area contributed by atoms with E-state index in [1.807, 2.05) is 14.1 Å². The van der Waals surface area contributed by atoms with Crippen LogP contribution in [-0.4, -0.2) is 36.3 Å². The van der Waals surface area contributed by atoms with Gasteiger partial charge in [-0.3, -0.25) is 4.79 Å². The van der Waals surface area contributed by atoms with Gasteiger partial charge < -0.3 is 10.6 Å². The number of rotatable bonds is 3. The minimum absolute atomic E-state index is 0. The number of hydrogen-bond donors (Lipinski definition) is 1. The molecule has 0 saturated carbocycles. The van der Waals surface area contributed by atoms with E-state index in [0.717, 1.165) is 0 Å². The van der Waals surface area contributed by atoms with E-state index in [2.05, 4.69) is 4.98 Å². The summed E-state index contributed by atoms with van der Waals surface area (Å²) in [6.07, 6.45) is 0. The van der Waals surface area contributed by atoms with Gasteiger partial charge in [0.1, 0.15) is 5.69 Å². The van der Waals surface area contributed by atoms with Crippen molar-refractivity contribution < 1.29 is 4.79 Å². The van der Waals surface area contributed by atoms with E-state index in [0.29, 0.717) is 17.4 Å². The molecule has 0 unspecified atom stereocenters. The van der Waals surface area contributed by atoms with Gasteiger partial charge in [0.05, 0.1) is 6.54 Å². The first-order valence-electron chi connectivity index (χ1n) is 3.48. The molecule has 0 fully saturated rings. The average molecular weight is 266 g/mol. The monoisotopic (exact) mass is 265 g/mol. The highest BCUT2D eigenvalue weighted by atomic mass is 79.9. The fraction of sp³-hybridized carbons (Fsp3) is 0.429. The molecule has 13 heavy (non-hydrogen) atoms. The van der Waals surface area contributed by atoms with E-state index in [-0.39, 0.29) is 22.8 Å². The van der Waals surface area contributed by atoms with Gasteiger partial charge in [-0.25, -0.2) is 4.98 Å². The Hall–Kier alpha value is -0.460. The number of nitrogens with two attached hydrogens (primary N) is 1. The van der Waals surface area contributed by atoms with Crippen molar-refractivity contribution in [2.45, 2.75) is 0 Å². The van der Waals surface area contributed by atoms with Gasteiger partial charge in [0.2, 0.25) is 0 Å². The molecule has 0 amide bonds. The van der Waals surface area contributed by atoms with Crippen LogP contribution in [0.2, 0.25) is 0 Å². The standard InChI is InChI=1S/C7H11N3OS.BrH/c1-10(2)3-6(11)5-4-12-7(8)9-5;/h4H,3H2,1-2H3,(H2,8,9);1H. The Kier molecular flexibility index (Phi) is 5.12. The van der Waals surface area contributed by atoms with Crippen LogP contribution in [0.4, 0.5) is 5.13 Å². The largest absolute Gasteiger partial charge is 0.375 e. The normalized spacial score (nSPS) is 9.77. The first-order valence-corrected chi connectivity index (χ1v) is 4.36. The summed E-state index contributed by atoms with van der Waals surface area (Å²) < 4.78 is 0. The van der Waals surface area contributed by atoms with Gasteiger partial charge in [0.15, 0.2) is 10.9 Å². The molecule has 0 atom stereocenters. The number of hydrogen-bond acceptors (Lipinski definition) is 5. The Morgan fingerprint density at radius 3 is 2.69 bits per heavy atom. The zero-order valence-corrected chi connectivity index (χ0v) is 10.0. The van der Waals surface area contributed by atoms with Crippen molar-refractivity contribution in [1.29, 1.82) is 0 Å².